The highest BCUT2D eigenvalue weighted by Gasteiger charge is 2.34. The quantitative estimate of drug-likeness (QED) is 0.448. The average Bonchev–Trinajstić information content (AvgIpc) is 3.18. The molecule has 0 saturated carbocycles. The fraction of sp³-hybridized carbons (Fsp3) is 0.208. The Kier molecular flexibility index (Phi) is 6.65. The molecule has 2 aliphatic heterocycles. The number of amidine groups is 2. The van der Waals surface area contributed by atoms with Gasteiger partial charge in [0.15, 0.2) is 23.2 Å². The minimum atomic E-state index is -0.533. The number of aliphatic imine (C=N–C) groups is 1. The number of hydrogen-bond acceptors (Lipinski definition) is 6. The van der Waals surface area contributed by atoms with E-state index in [9.17, 15) is 4.79 Å². The monoisotopic (exact) mass is 467 g/mol. The van der Waals surface area contributed by atoms with Gasteiger partial charge in [0.2, 0.25) is 0 Å². The number of nitrogens with one attached hydrogen (secondary N) is 1. The number of carbonyl (C=O) groups excluding carboxylic acids is 1. The van der Waals surface area contributed by atoms with Gasteiger partial charge in [0.05, 0.1) is 30.9 Å². The van der Waals surface area contributed by atoms with E-state index in [-0.39, 0.29) is 17.2 Å². The van der Waals surface area contributed by atoms with Crippen molar-refractivity contribution in [1.82, 2.24) is 5.06 Å². The number of halogens is 1. The van der Waals surface area contributed by atoms with Gasteiger partial charge in [0, 0.05) is 12.5 Å². The van der Waals surface area contributed by atoms with Gasteiger partial charge >= 0.3 is 0 Å². The zero-order valence-electron chi connectivity index (χ0n) is 18.1. The molecule has 0 unspecified atom stereocenters. The molecule has 0 atom stereocenters. The highest BCUT2D eigenvalue weighted by Crippen LogP contribution is 2.37. The normalized spacial score (nSPS) is 16.2. The van der Waals surface area contributed by atoms with Crippen molar-refractivity contribution in [2.75, 3.05) is 20.3 Å². The van der Waals surface area contributed by atoms with E-state index in [1.54, 1.807) is 25.1 Å². The standard InChI is InChI=1S/C24H22ClN3O5/c1-15-11-21-27-24(29)18(23(26)28(21)33-15)12-16-13-19(25)22(20(14-16)30-2)32-10-6-9-31-17-7-4-3-5-8-17/h3-5,7-8,11-14,26H,6,9-10H2,1-2H3/b18-12+,26-23?. The van der Waals surface area contributed by atoms with Gasteiger partial charge in [-0.25, -0.2) is 0 Å². The van der Waals surface area contributed by atoms with Crippen LogP contribution in [-0.2, 0) is 9.63 Å². The van der Waals surface area contributed by atoms with Crippen molar-refractivity contribution in [3.8, 4) is 17.2 Å². The number of ether oxygens (including phenoxy) is 3. The molecule has 0 fully saturated rings. The third kappa shape index (κ3) is 5.01. The number of hydrogen-bond donors (Lipinski definition) is 1. The number of allylic oxidation sites excluding steroid dienone is 1. The fourth-order valence-electron chi connectivity index (χ4n) is 3.27. The second kappa shape index (κ2) is 9.79. The first-order chi connectivity index (χ1) is 16.0. The van der Waals surface area contributed by atoms with Crippen LogP contribution in [0.1, 0.15) is 18.9 Å². The summed E-state index contributed by atoms with van der Waals surface area (Å²) in [6.07, 6.45) is 3.77. The van der Waals surface area contributed by atoms with Crippen molar-refractivity contribution in [3.63, 3.8) is 0 Å². The van der Waals surface area contributed by atoms with Gasteiger partial charge < -0.3 is 19.0 Å². The third-order valence-electron chi connectivity index (χ3n) is 4.79. The zero-order valence-corrected chi connectivity index (χ0v) is 18.9. The van der Waals surface area contributed by atoms with Crippen LogP contribution < -0.4 is 14.2 Å². The van der Waals surface area contributed by atoms with Gasteiger partial charge in [-0.2, -0.15) is 4.99 Å². The van der Waals surface area contributed by atoms with Crippen LogP contribution in [0.3, 0.4) is 0 Å². The summed E-state index contributed by atoms with van der Waals surface area (Å²) in [6.45, 7) is 2.59. The van der Waals surface area contributed by atoms with Crippen molar-refractivity contribution < 1.29 is 23.8 Å². The number of carbonyl (C=O) groups is 1. The molecule has 1 amide bonds. The number of amides is 1. The maximum absolute atomic E-state index is 12.5. The van der Waals surface area contributed by atoms with Crippen molar-refractivity contribution >= 4 is 35.3 Å². The molecule has 0 aliphatic carbocycles. The van der Waals surface area contributed by atoms with Crippen LogP contribution in [0.25, 0.3) is 6.08 Å². The SMILES string of the molecule is COc1cc(/C=C2\C(=N)N3OC(C)=CC3=NC2=O)cc(Cl)c1OCCCOc1ccccc1. The Bertz CT molecular complexity index is 1170. The van der Waals surface area contributed by atoms with Crippen LogP contribution in [-0.4, -0.2) is 43.0 Å². The molecular weight excluding hydrogens is 446 g/mol. The van der Waals surface area contributed by atoms with E-state index < -0.39 is 5.91 Å². The minimum absolute atomic E-state index is 0.0756. The first-order valence-corrected chi connectivity index (χ1v) is 10.6. The van der Waals surface area contributed by atoms with Crippen LogP contribution >= 0.6 is 11.6 Å². The summed E-state index contributed by atoms with van der Waals surface area (Å²) in [5, 5.41) is 9.85. The molecule has 2 heterocycles. The highest BCUT2D eigenvalue weighted by atomic mass is 35.5. The van der Waals surface area contributed by atoms with Crippen molar-refractivity contribution in [2.45, 2.75) is 13.3 Å². The maximum atomic E-state index is 12.5. The molecule has 8 nitrogen and oxygen atoms in total. The van der Waals surface area contributed by atoms with Gasteiger partial charge in [-0.1, -0.05) is 29.8 Å². The summed E-state index contributed by atoms with van der Waals surface area (Å²) in [7, 11) is 1.50. The predicted molar refractivity (Wildman–Crippen MR) is 125 cm³/mol. The Morgan fingerprint density at radius 3 is 2.70 bits per heavy atom. The van der Waals surface area contributed by atoms with E-state index in [1.165, 1.54) is 18.2 Å². The van der Waals surface area contributed by atoms with Crippen LogP contribution in [0.4, 0.5) is 0 Å². The van der Waals surface area contributed by atoms with E-state index in [4.69, 9.17) is 36.1 Å². The lowest BCUT2D eigenvalue weighted by Gasteiger charge is -2.23. The molecule has 9 heteroatoms. The lowest BCUT2D eigenvalue weighted by atomic mass is 10.1. The number of nitrogens with zero attached hydrogens (tertiary/aromatic N) is 2. The third-order valence-corrected chi connectivity index (χ3v) is 5.07. The number of methoxy groups -OCH3 is 1. The molecule has 2 aromatic rings. The molecule has 0 aromatic heterocycles. The second-order valence-corrected chi connectivity index (χ2v) is 7.63. The highest BCUT2D eigenvalue weighted by molar-refractivity contribution is 6.33. The molecule has 0 saturated heterocycles. The second-order valence-electron chi connectivity index (χ2n) is 7.22. The Balaban J connectivity index is 1.44. The van der Waals surface area contributed by atoms with Crippen LogP contribution in [0.2, 0.25) is 5.02 Å². The van der Waals surface area contributed by atoms with E-state index >= 15 is 0 Å². The largest absolute Gasteiger partial charge is 0.493 e. The summed E-state index contributed by atoms with van der Waals surface area (Å²) in [6, 6.07) is 12.9. The van der Waals surface area contributed by atoms with Crippen LogP contribution in [0.15, 0.2) is 64.9 Å². The number of para-hydroxylation sites is 1. The molecule has 4 rings (SSSR count). The van der Waals surface area contributed by atoms with E-state index in [0.29, 0.717) is 47.5 Å². The lowest BCUT2D eigenvalue weighted by molar-refractivity contribution is -0.114. The zero-order chi connectivity index (χ0) is 23.4. The molecule has 2 aliphatic rings. The van der Waals surface area contributed by atoms with Gasteiger partial charge in [-0.05, 0) is 42.8 Å². The number of fused-ring (bicyclic) bond motifs is 1. The minimum Gasteiger partial charge on any atom is -0.493 e. The van der Waals surface area contributed by atoms with Crippen molar-refractivity contribution in [1.29, 1.82) is 5.41 Å². The number of benzene rings is 2. The van der Waals surface area contributed by atoms with E-state index in [0.717, 1.165) is 5.75 Å². The Morgan fingerprint density at radius 1 is 1.18 bits per heavy atom. The Labute approximate surface area is 196 Å². The topological polar surface area (TPSA) is 93.4 Å². The first-order valence-electron chi connectivity index (χ1n) is 10.2. The average molecular weight is 468 g/mol. The molecule has 2 aromatic carbocycles. The predicted octanol–water partition coefficient (Wildman–Crippen LogP) is 4.65. The molecule has 0 bridgehead atoms. The Morgan fingerprint density at radius 2 is 1.94 bits per heavy atom. The van der Waals surface area contributed by atoms with Crippen LogP contribution in [0.5, 0.6) is 17.2 Å². The Hall–Kier alpha value is -3.78. The fourth-order valence-corrected chi connectivity index (χ4v) is 3.54. The molecular formula is C24H22ClN3O5. The van der Waals surface area contributed by atoms with Gasteiger partial charge in [0.1, 0.15) is 11.5 Å². The summed E-state index contributed by atoms with van der Waals surface area (Å²) < 4.78 is 16.9. The first kappa shape index (κ1) is 22.4. The summed E-state index contributed by atoms with van der Waals surface area (Å²) >= 11 is 6.45. The maximum Gasteiger partial charge on any atom is 0.282 e. The molecule has 0 radical (unpaired) electrons. The van der Waals surface area contributed by atoms with E-state index in [1.807, 2.05) is 30.3 Å². The molecule has 33 heavy (non-hydrogen) atoms. The van der Waals surface area contributed by atoms with Gasteiger partial charge in [-0.15, -0.1) is 5.06 Å². The lowest BCUT2D eigenvalue weighted by Crippen LogP contribution is -2.38. The van der Waals surface area contributed by atoms with Crippen LogP contribution in [0, 0.1) is 5.41 Å². The number of rotatable bonds is 8. The number of hydroxylamine groups is 2. The van der Waals surface area contributed by atoms with Crippen molar-refractivity contribution in [2.24, 2.45) is 4.99 Å². The summed E-state index contributed by atoms with van der Waals surface area (Å²) in [5.74, 6) is 1.81. The molecule has 170 valence electrons. The molecule has 1 N–H and O–H groups in total. The van der Waals surface area contributed by atoms with Gasteiger partial charge in [0.25, 0.3) is 5.91 Å². The smallest absolute Gasteiger partial charge is 0.282 e. The van der Waals surface area contributed by atoms with Crippen molar-refractivity contribution in [3.05, 3.63) is 70.5 Å². The van der Waals surface area contributed by atoms with E-state index in [2.05, 4.69) is 4.99 Å². The summed E-state index contributed by atoms with van der Waals surface area (Å²) in [4.78, 5) is 21.9. The molecule has 0 spiro atoms. The van der Waals surface area contributed by atoms with Gasteiger partial charge in [-0.3, -0.25) is 10.2 Å². The summed E-state index contributed by atoms with van der Waals surface area (Å²) in [5.41, 5.74) is 0.638.